The second kappa shape index (κ2) is 7.27. The molecule has 0 saturated carbocycles. The van der Waals surface area contributed by atoms with E-state index >= 15 is 0 Å². The Kier molecular flexibility index (Phi) is 5.39. The second-order valence-electron chi connectivity index (χ2n) is 4.72. The molecule has 0 aliphatic rings. The van der Waals surface area contributed by atoms with Crippen LogP contribution in [0.5, 0.6) is 11.6 Å². The fourth-order valence-corrected chi connectivity index (χ4v) is 1.94. The molecule has 106 valence electrons. The number of ether oxygens (including phenoxy) is 1. The van der Waals surface area contributed by atoms with Crippen molar-refractivity contribution in [2.24, 2.45) is 0 Å². The van der Waals surface area contributed by atoms with Crippen molar-refractivity contribution in [2.75, 3.05) is 6.54 Å². The number of aryl methyl sites for hydroxylation is 1. The summed E-state index contributed by atoms with van der Waals surface area (Å²) >= 11 is 6.10. The lowest BCUT2D eigenvalue weighted by molar-refractivity contribution is 0.462. The topological polar surface area (TPSA) is 34.1 Å². The van der Waals surface area contributed by atoms with E-state index in [2.05, 4.69) is 17.2 Å². The summed E-state index contributed by atoms with van der Waals surface area (Å²) in [7, 11) is 0. The molecule has 1 heterocycles. The minimum atomic E-state index is 0.553. The first-order chi connectivity index (χ1) is 9.69. The lowest BCUT2D eigenvalue weighted by Crippen LogP contribution is -2.13. The van der Waals surface area contributed by atoms with Crippen molar-refractivity contribution in [1.29, 1.82) is 0 Å². The largest absolute Gasteiger partial charge is 0.437 e. The third-order valence-corrected chi connectivity index (χ3v) is 3.17. The number of nitrogens with one attached hydrogen (secondary N) is 1. The van der Waals surface area contributed by atoms with Crippen molar-refractivity contribution < 1.29 is 4.74 Å². The molecule has 1 aromatic heterocycles. The molecular weight excluding hydrogens is 272 g/mol. The van der Waals surface area contributed by atoms with E-state index in [1.165, 1.54) is 0 Å². The quantitative estimate of drug-likeness (QED) is 0.804. The highest BCUT2D eigenvalue weighted by atomic mass is 35.5. The van der Waals surface area contributed by atoms with Gasteiger partial charge in [0.15, 0.2) is 0 Å². The summed E-state index contributed by atoms with van der Waals surface area (Å²) in [4.78, 5) is 4.30. The summed E-state index contributed by atoms with van der Waals surface area (Å²) < 4.78 is 5.71. The second-order valence-corrected chi connectivity index (χ2v) is 5.12. The fourth-order valence-electron chi connectivity index (χ4n) is 1.79. The van der Waals surface area contributed by atoms with Crippen LogP contribution in [-0.2, 0) is 6.54 Å². The molecule has 0 atom stereocenters. The van der Waals surface area contributed by atoms with Gasteiger partial charge in [-0.2, -0.15) is 0 Å². The zero-order chi connectivity index (χ0) is 14.4. The standard InChI is InChI=1S/C16H19ClN2O/c1-3-8-18-10-13-5-7-16(19-11-13)20-15-9-12(2)4-6-14(15)17/h4-7,9,11,18H,3,8,10H2,1-2H3. The summed E-state index contributed by atoms with van der Waals surface area (Å²) in [5, 5.41) is 3.92. The summed E-state index contributed by atoms with van der Waals surface area (Å²) in [6.07, 6.45) is 2.95. The van der Waals surface area contributed by atoms with Crippen LogP contribution in [0.25, 0.3) is 0 Å². The van der Waals surface area contributed by atoms with Crippen LogP contribution in [0.15, 0.2) is 36.5 Å². The Balaban J connectivity index is 2.01. The van der Waals surface area contributed by atoms with Crippen LogP contribution in [0.1, 0.15) is 24.5 Å². The number of halogens is 1. The molecule has 0 bridgehead atoms. The molecule has 0 unspecified atom stereocenters. The Hall–Kier alpha value is -1.58. The molecule has 2 aromatic rings. The molecule has 0 fully saturated rings. The van der Waals surface area contributed by atoms with Gasteiger partial charge in [-0.3, -0.25) is 0 Å². The summed E-state index contributed by atoms with van der Waals surface area (Å²) in [6, 6.07) is 9.55. The average molecular weight is 291 g/mol. The van der Waals surface area contributed by atoms with Crippen molar-refractivity contribution in [1.82, 2.24) is 10.3 Å². The Morgan fingerprint density at radius 3 is 2.80 bits per heavy atom. The molecular formula is C16H19ClN2O. The highest BCUT2D eigenvalue weighted by Crippen LogP contribution is 2.29. The molecule has 20 heavy (non-hydrogen) atoms. The molecule has 0 amide bonds. The predicted octanol–water partition coefficient (Wildman–Crippen LogP) is 4.34. The van der Waals surface area contributed by atoms with E-state index in [4.69, 9.17) is 16.3 Å². The monoisotopic (exact) mass is 290 g/mol. The molecule has 0 radical (unpaired) electrons. The minimum absolute atomic E-state index is 0.553. The molecule has 1 aromatic carbocycles. The zero-order valence-electron chi connectivity index (χ0n) is 11.8. The van der Waals surface area contributed by atoms with Crippen LogP contribution in [0.4, 0.5) is 0 Å². The van der Waals surface area contributed by atoms with Crippen LogP contribution >= 0.6 is 11.6 Å². The summed E-state index contributed by atoms with van der Waals surface area (Å²) in [5.41, 5.74) is 2.24. The van der Waals surface area contributed by atoms with E-state index in [-0.39, 0.29) is 0 Å². The number of aromatic nitrogens is 1. The lowest BCUT2D eigenvalue weighted by atomic mass is 10.2. The van der Waals surface area contributed by atoms with Gasteiger partial charge in [-0.15, -0.1) is 0 Å². The van der Waals surface area contributed by atoms with Crippen LogP contribution in [0.2, 0.25) is 5.02 Å². The Bertz CT molecular complexity index is 555. The van der Waals surface area contributed by atoms with Gasteiger partial charge in [0.25, 0.3) is 0 Å². The van der Waals surface area contributed by atoms with Crippen molar-refractivity contribution >= 4 is 11.6 Å². The van der Waals surface area contributed by atoms with Crippen LogP contribution in [-0.4, -0.2) is 11.5 Å². The Morgan fingerprint density at radius 2 is 2.10 bits per heavy atom. The Labute approximate surface area is 124 Å². The lowest BCUT2D eigenvalue weighted by Gasteiger charge is -2.08. The van der Waals surface area contributed by atoms with Crippen LogP contribution < -0.4 is 10.1 Å². The highest BCUT2D eigenvalue weighted by molar-refractivity contribution is 6.32. The first kappa shape index (κ1) is 14.8. The van der Waals surface area contributed by atoms with Crippen LogP contribution in [0.3, 0.4) is 0 Å². The van der Waals surface area contributed by atoms with Gasteiger partial charge < -0.3 is 10.1 Å². The molecule has 3 nitrogen and oxygen atoms in total. The van der Waals surface area contributed by atoms with Gasteiger partial charge in [0.05, 0.1) is 5.02 Å². The van der Waals surface area contributed by atoms with Gasteiger partial charge in [0.1, 0.15) is 5.75 Å². The maximum Gasteiger partial charge on any atom is 0.219 e. The number of pyridine rings is 1. The molecule has 1 N–H and O–H groups in total. The van der Waals surface area contributed by atoms with E-state index in [1.807, 2.05) is 43.5 Å². The van der Waals surface area contributed by atoms with Crippen molar-refractivity contribution in [3.63, 3.8) is 0 Å². The predicted molar refractivity (Wildman–Crippen MR) is 82.5 cm³/mol. The minimum Gasteiger partial charge on any atom is -0.437 e. The fraction of sp³-hybridized carbons (Fsp3) is 0.312. The molecule has 0 aliphatic heterocycles. The van der Waals surface area contributed by atoms with Gasteiger partial charge in [0, 0.05) is 18.8 Å². The van der Waals surface area contributed by atoms with Crippen molar-refractivity contribution in [3.8, 4) is 11.6 Å². The average Bonchev–Trinajstić information content (AvgIpc) is 2.45. The number of benzene rings is 1. The Morgan fingerprint density at radius 1 is 1.25 bits per heavy atom. The molecule has 0 saturated heterocycles. The highest BCUT2D eigenvalue weighted by Gasteiger charge is 2.04. The first-order valence-electron chi connectivity index (χ1n) is 6.78. The van der Waals surface area contributed by atoms with E-state index in [1.54, 1.807) is 0 Å². The number of hydrogen-bond acceptors (Lipinski definition) is 3. The molecule has 0 spiro atoms. The van der Waals surface area contributed by atoms with Crippen molar-refractivity contribution in [3.05, 3.63) is 52.7 Å². The molecule has 4 heteroatoms. The van der Waals surface area contributed by atoms with E-state index in [0.29, 0.717) is 16.7 Å². The third kappa shape index (κ3) is 4.22. The van der Waals surface area contributed by atoms with Gasteiger partial charge in [-0.1, -0.05) is 30.7 Å². The number of nitrogens with zero attached hydrogens (tertiary/aromatic N) is 1. The molecule has 2 rings (SSSR count). The zero-order valence-corrected chi connectivity index (χ0v) is 12.6. The van der Waals surface area contributed by atoms with Gasteiger partial charge in [-0.25, -0.2) is 4.98 Å². The van der Waals surface area contributed by atoms with Crippen molar-refractivity contribution in [2.45, 2.75) is 26.8 Å². The maximum atomic E-state index is 6.10. The van der Waals surface area contributed by atoms with E-state index in [0.717, 1.165) is 30.6 Å². The summed E-state index contributed by atoms with van der Waals surface area (Å²) in [6.45, 7) is 5.98. The third-order valence-electron chi connectivity index (χ3n) is 2.85. The van der Waals surface area contributed by atoms with Gasteiger partial charge in [-0.05, 0) is 43.1 Å². The molecule has 0 aliphatic carbocycles. The first-order valence-corrected chi connectivity index (χ1v) is 7.16. The SMILES string of the molecule is CCCNCc1ccc(Oc2cc(C)ccc2Cl)nc1. The van der Waals surface area contributed by atoms with E-state index in [9.17, 15) is 0 Å². The number of rotatable bonds is 6. The van der Waals surface area contributed by atoms with Gasteiger partial charge in [0.2, 0.25) is 5.88 Å². The maximum absolute atomic E-state index is 6.10. The summed E-state index contributed by atoms with van der Waals surface area (Å²) in [5.74, 6) is 1.19. The normalized spacial score (nSPS) is 10.6. The smallest absolute Gasteiger partial charge is 0.219 e. The van der Waals surface area contributed by atoms with Gasteiger partial charge >= 0.3 is 0 Å². The number of hydrogen-bond donors (Lipinski definition) is 1. The van der Waals surface area contributed by atoms with E-state index < -0.39 is 0 Å². The van der Waals surface area contributed by atoms with Crippen LogP contribution in [0, 0.1) is 6.92 Å².